The minimum absolute atomic E-state index is 0.0871. The van der Waals surface area contributed by atoms with Crippen LogP contribution in [0.2, 0.25) is 0 Å². The third kappa shape index (κ3) is 5.94. The Morgan fingerprint density at radius 2 is 1.72 bits per heavy atom. The van der Waals surface area contributed by atoms with Gasteiger partial charge >= 0.3 is 12.1 Å². The number of nitrogens with two attached hydrogens (primary N) is 1. The molecule has 0 aliphatic rings. The predicted octanol–water partition coefficient (Wildman–Crippen LogP) is 1.23. The number of rotatable bonds is 2. The molecule has 0 heterocycles. The molecule has 1 aromatic carbocycles. The van der Waals surface area contributed by atoms with Gasteiger partial charge in [-0.1, -0.05) is 6.07 Å². The predicted molar refractivity (Wildman–Crippen MR) is 56.2 cm³/mol. The highest BCUT2D eigenvalue weighted by Crippen LogP contribution is 2.24. The molecule has 0 fully saturated rings. The van der Waals surface area contributed by atoms with Gasteiger partial charge in [-0.25, -0.2) is 4.79 Å². The zero-order valence-electron chi connectivity index (χ0n) is 9.11. The van der Waals surface area contributed by atoms with Crippen molar-refractivity contribution >= 4 is 5.97 Å². The molecule has 0 bridgehead atoms. The van der Waals surface area contributed by atoms with E-state index in [1.54, 1.807) is 6.07 Å². The van der Waals surface area contributed by atoms with Crippen LogP contribution in [0.3, 0.4) is 0 Å². The van der Waals surface area contributed by atoms with Crippen molar-refractivity contribution in [2.45, 2.75) is 12.6 Å². The van der Waals surface area contributed by atoms with Gasteiger partial charge in [0.1, 0.15) is 0 Å². The molecule has 0 atom stereocenters. The number of phenolic OH excluding ortho intramolecular Hbond substituents is 2. The fraction of sp³-hybridized carbons (Fsp3) is 0.300. The van der Waals surface area contributed by atoms with E-state index < -0.39 is 12.1 Å². The number of alkyl halides is 3. The molecule has 0 spiro atoms. The summed E-state index contributed by atoms with van der Waals surface area (Å²) in [5.74, 6) is -2.94. The molecule has 0 amide bonds. The van der Waals surface area contributed by atoms with Crippen molar-refractivity contribution in [2.75, 3.05) is 6.54 Å². The highest BCUT2D eigenvalue weighted by atomic mass is 19.4. The third-order valence-corrected chi connectivity index (χ3v) is 1.72. The number of carbonyl (C=O) groups is 1. The number of aliphatic carboxylic acids is 1. The Kier molecular flexibility index (Phi) is 5.97. The van der Waals surface area contributed by atoms with Gasteiger partial charge in [0.05, 0.1) is 0 Å². The number of hydrogen-bond donors (Lipinski definition) is 4. The molecule has 5 nitrogen and oxygen atoms in total. The number of benzene rings is 1. The van der Waals surface area contributed by atoms with Crippen LogP contribution in [-0.2, 0) is 11.2 Å². The second kappa shape index (κ2) is 6.70. The van der Waals surface area contributed by atoms with Crippen molar-refractivity contribution in [3.63, 3.8) is 0 Å². The topological polar surface area (TPSA) is 104 Å². The van der Waals surface area contributed by atoms with Gasteiger partial charge in [-0.3, -0.25) is 0 Å². The average Bonchev–Trinajstić information content (AvgIpc) is 2.23. The average molecular weight is 267 g/mol. The van der Waals surface area contributed by atoms with Crippen molar-refractivity contribution in [3.8, 4) is 11.5 Å². The van der Waals surface area contributed by atoms with E-state index >= 15 is 0 Å². The van der Waals surface area contributed by atoms with Gasteiger partial charge in [-0.15, -0.1) is 0 Å². The molecular weight excluding hydrogens is 255 g/mol. The van der Waals surface area contributed by atoms with Gasteiger partial charge in [-0.2, -0.15) is 13.2 Å². The van der Waals surface area contributed by atoms with E-state index in [0.29, 0.717) is 13.0 Å². The molecule has 5 N–H and O–H groups in total. The Bertz CT molecular complexity index is 407. The summed E-state index contributed by atoms with van der Waals surface area (Å²) < 4.78 is 31.7. The van der Waals surface area contributed by atoms with E-state index in [1.807, 2.05) is 0 Å². The molecule has 18 heavy (non-hydrogen) atoms. The van der Waals surface area contributed by atoms with Crippen LogP contribution < -0.4 is 5.73 Å². The van der Waals surface area contributed by atoms with Gasteiger partial charge < -0.3 is 21.1 Å². The highest BCUT2D eigenvalue weighted by Gasteiger charge is 2.38. The maximum Gasteiger partial charge on any atom is 0.490 e. The summed E-state index contributed by atoms with van der Waals surface area (Å²) in [6.45, 7) is 0.546. The summed E-state index contributed by atoms with van der Waals surface area (Å²) in [5.41, 5.74) is 6.24. The first kappa shape index (κ1) is 16.0. The Morgan fingerprint density at radius 1 is 1.22 bits per heavy atom. The third-order valence-electron chi connectivity index (χ3n) is 1.72. The van der Waals surface area contributed by atoms with Gasteiger partial charge in [0.2, 0.25) is 0 Å². The smallest absolute Gasteiger partial charge is 0.490 e. The van der Waals surface area contributed by atoms with Crippen LogP contribution in [0.4, 0.5) is 13.2 Å². The fourth-order valence-corrected chi connectivity index (χ4v) is 0.891. The van der Waals surface area contributed by atoms with Crippen LogP contribution in [-0.4, -0.2) is 34.0 Å². The molecule has 0 radical (unpaired) electrons. The maximum atomic E-state index is 10.6. The molecule has 0 unspecified atom stereocenters. The van der Waals surface area contributed by atoms with E-state index in [9.17, 15) is 13.2 Å². The second-order valence-corrected chi connectivity index (χ2v) is 3.16. The highest BCUT2D eigenvalue weighted by molar-refractivity contribution is 5.73. The first-order chi connectivity index (χ1) is 8.18. The molecule has 0 saturated heterocycles. The summed E-state index contributed by atoms with van der Waals surface area (Å²) in [7, 11) is 0. The van der Waals surface area contributed by atoms with Crippen LogP contribution in [0.5, 0.6) is 11.5 Å². The molecule has 8 heteroatoms. The van der Waals surface area contributed by atoms with E-state index in [0.717, 1.165) is 5.56 Å². The Labute approximate surface area is 100 Å². The Morgan fingerprint density at radius 3 is 2.06 bits per heavy atom. The van der Waals surface area contributed by atoms with Gasteiger partial charge in [0.25, 0.3) is 0 Å². The van der Waals surface area contributed by atoms with Gasteiger partial charge in [0, 0.05) is 0 Å². The number of hydrogen-bond acceptors (Lipinski definition) is 4. The fourth-order valence-electron chi connectivity index (χ4n) is 0.891. The monoisotopic (exact) mass is 267 g/mol. The summed E-state index contributed by atoms with van der Waals surface area (Å²) in [4.78, 5) is 8.90. The number of carboxylic acids is 1. The summed E-state index contributed by atoms with van der Waals surface area (Å²) in [5, 5.41) is 25.1. The zero-order chi connectivity index (χ0) is 14.3. The quantitative estimate of drug-likeness (QED) is 0.603. The van der Waals surface area contributed by atoms with Crippen molar-refractivity contribution in [1.82, 2.24) is 0 Å². The maximum absolute atomic E-state index is 10.6. The van der Waals surface area contributed by atoms with Gasteiger partial charge in [-0.05, 0) is 30.7 Å². The zero-order valence-corrected chi connectivity index (χ0v) is 9.11. The van der Waals surface area contributed by atoms with Crippen molar-refractivity contribution in [3.05, 3.63) is 23.8 Å². The molecule has 0 saturated carbocycles. The van der Waals surface area contributed by atoms with Crippen LogP contribution in [0.1, 0.15) is 5.56 Å². The lowest BCUT2D eigenvalue weighted by Crippen LogP contribution is -2.21. The lowest BCUT2D eigenvalue weighted by molar-refractivity contribution is -0.192. The second-order valence-electron chi connectivity index (χ2n) is 3.16. The van der Waals surface area contributed by atoms with Crippen LogP contribution >= 0.6 is 0 Å². The number of halogens is 3. The van der Waals surface area contributed by atoms with Crippen LogP contribution in [0, 0.1) is 0 Å². The van der Waals surface area contributed by atoms with Crippen molar-refractivity contribution in [1.29, 1.82) is 0 Å². The van der Waals surface area contributed by atoms with Crippen LogP contribution in [0.15, 0.2) is 18.2 Å². The van der Waals surface area contributed by atoms with Gasteiger partial charge in [0.15, 0.2) is 11.5 Å². The normalized spacial score (nSPS) is 10.4. The molecule has 0 aliphatic heterocycles. The Hall–Kier alpha value is -1.96. The standard InChI is InChI=1S/C8H11NO2.C2HF3O2/c9-4-3-6-1-2-7(10)8(11)5-6;3-2(4,5)1(6)7/h1-2,5,10-11H,3-4,9H2;(H,6,7). The summed E-state index contributed by atoms with van der Waals surface area (Å²) >= 11 is 0. The summed E-state index contributed by atoms with van der Waals surface area (Å²) in [6, 6.07) is 4.71. The van der Waals surface area contributed by atoms with E-state index in [1.165, 1.54) is 12.1 Å². The molecule has 0 aromatic heterocycles. The lowest BCUT2D eigenvalue weighted by Gasteiger charge is -2.00. The largest absolute Gasteiger partial charge is 0.504 e. The van der Waals surface area contributed by atoms with E-state index in [2.05, 4.69) is 0 Å². The summed E-state index contributed by atoms with van der Waals surface area (Å²) in [6.07, 6.45) is -4.37. The van der Waals surface area contributed by atoms with E-state index in [-0.39, 0.29) is 11.5 Å². The molecule has 1 aromatic rings. The molecule has 1 rings (SSSR count). The van der Waals surface area contributed by atoms with E-state index in [4.69, 9.17) is 25.8 Å². The Balaban J connectivity index is 0.000000360. The lowest BCUT2D eigenvalue weighted by atomic mass is 10.1. The SMILES string of the molecule is NCCc1ccc(O)c(O)c1.O=C(O)C(F)(F)F. The number of phenols is 2. The van der Waals surface area contributed by atoms with Crippen molar-refractivity contribution < 1.29 is 33.3 Å². The number of carboxylic acid groups (broad SMARTS) is 1. The minimum Gasteiger partial charge on any atom is -0.504 e. The minimum atomic E-state index is -5.08. The first-order valence-corrected chi connectivity index (χ1v) is 4.69. The number of aromatic hydroxyl groups is 2. The first-order valence-electron chi connectivity index (χ1n) is 4.69. The molecule has 0 aliphatic carbocycles. The molecular formula is C10H12F3NO4. The van der Waals surface area contributed by atoms with Crippen LogP contribution in [0.25, 0.3) is 0 Å². The van der Waals surface area contributed by atoms with Crippen molar-refractivity contribution in [2.24, 2.45) is 5.73 Å². The molecule has 102 valence electrons.